The van der Waals surface area contributed by atoms with Crippen molar-refractivity contribution in [3.05, 3.63) is 0 Å². The summed E-state index contributed by atoms with van der Waals surface area (Å²) < 4.78 is 5.73. The van der Waals surface area contributed by atoms with Crippen molar-refractivity contribution in [2.75, 3.05) is 26.2 Å². The third kappa shape index (κ3) is 7.18. The first kappa shape index (κ1) is 14.3. The summed E-state index contributed by atoms with van der Waals surface area (Å²) in [5, 5.41) is 8.90. The van der Waals surface area contributed by atoms with E-state index in [1.165, 1.54) is 0 Å². The SMILES string of the molecule is CC(C)NC(=O)NCCCOC1CCNCC1. The molecule has 0 radical (unpaired) electrons. The first-order chi connectivity index (χ1) is 8.18. The molecule has 0 saturated carbocycles. The third-order valence-corrected chi connectivity index (χ3v) is 2.67. The fourth-order valence-corrected chi connectivity index (χ4v) is 1.80. The van der Waals surface area contributed by atoms with Gasteiger partial charge in [0.05, 0.1) is 6.10 Å². The van der Waals surface area contributed by atoms with Crippen LogP contribution in [0.2, 0.25) is 0 Å². The quantitative estimate of drug-likeness (QED) is 0.606. The minimum Gasteiger partial charge on any atom is -0.378 e. The number of hydrogen-bond acceptors (Lipinski definition) is 3. The zero-order valence-corrected chi connectivity index (χ0v) is 10.9. The van der Waals surface area contributed by atoms with Crippen LogP contribution in [0.1, 0.15) is 33.1 Å². The molecule has 17 heavy (non-hydrogen) atoms. The van der Waals surface area contributed by atoms with Gasteiger partial charge in [-0.3, -0.25) is 0 Å². The molecule has 0 spiro atoms. The van der Waals surface area contributed by atoms with Crippen molar-refractivity contribution in [2.45, 2.75) is 45.3 Å². The average Bonchev–Trinajstić information content (AvgIpc) is 2.29. The van der Waals surface area contributed by atoms with E-state index in [1.54, 1.807) is 0 Å². The molecule has 5 heteroatoms. The Kier molecular flexibility index (Phi) is 6.96. The molecule has 0 bridgehead atoms. The summed E-state index contributed by atoms with van der Waals surface area (Å²) in [6.45, 7) is 7.40. The summed E-state index contributed by atoms with van der Waals surface area (Å²) in [5.74, 6) is 0. The zero-order valence-electron chi connectivity index (χ0n) is 10.9. The smallest absolute Gasteiger partial charge is 0.314 e. The molecule has 100 valence electrons. The van der Waals surface area contributed by atoms with E-state index in [9.17, 15) is 4.79 Å². The van der Waals surface area contributed by atoms with E-state index in [4.69, 9.17) is 4.74 Å². The van der Waals surface area contributed by atoms with Crippen LogP contribution < -0.4 is 16.0 Å². The Morgan fingerprint density at radius 1 is 1.41 bits per heavy atom. The van der Waals surface area contributed by atoms with Gasteiger partial charge in [0, 0.05) is 19.2 Å². The molecule has 0 aliphatic carbocycles. The van der Waals surface area contributed by atoms with E-state index in [2.05, 4.69) is 16.0 Å². The van der Waals surface area contributed by atoms with E-state index >= 15 is 0 Å². The molecule has 1 rings (SSSR count). The number of rotatable bonds is 6. The Hall–Kier alpha value is -0.810. The molecule has 0 unspecified atom stereocenters. The summed E-state index contributed by atoms with van der Waals surface area (Å²) in [5.41, 5.74) is 0. The van der Waals surface area contributed by atoms with Crippen molar-refractivity contribution in [3.63, 3.8) is 0 Å². The van der Waals surface area contributed by atoms with Gasteiger partial charge in [-0.15, -0.1) is 0 Å². The number of carbonyl (C=O) groups is 1. The lowest BCUT2D eigenvalue weighted by molar-refractivity contribution is 0.0320. The lowest BCUT2D eigenvalue weighted by Crippen LogP contribution is -2.40. The highest BCUT2D eigenvalue weighted by Gasteiger charge is 2.12. The maximum atomic E-state index is 11.2. The summed E-state index contributed by atoms with van der Waals surface area (Å²) in [7, 11) is 0. The highest BCUT2D eigenvalue weighted by atomic mass is 16.5. The second-order valence-corrected chi connectivity index (χ2v) is 4.73. The molecule has 1 heterocycles. The number of ether oxygens (including phenoxy) is 1. The lowest BCUT2D eigenvalue weighted by atomic mass is 10.1. The maximum absolute atomic E-state index is 11.2. The van der Waals surface area contributed by atoms with Gasteiger partial charge in [0.15, 0.2) is 0 Å². The number of urea groups is 1. The molecule has 1 fully saturated rings. The highest BCUT2D eigenvalue weighted by molar-refractivity contribution is 5.73. The van der Waals surface area contributed by atoms with Gasteiger partial charge in [-0.2, -0.15) is 0 Å². The van der Waals surface area contributed by atoms with Gasteiger partial charge in [-0.1, -0.05) is 0 Å². The summed E-state index contributed by atoms with van der Waals surface area (Å²) >= 11 is 0. The van der Waals surface area contributed by atoms with Crippen molar-refractivity contribution in [1.82, 2.24) is 16.0 Å². The molecule has 1 saturated heterocycles. The molecule has 1 aliphatic heterocycles. The van der Waals surface area contributed by atoms with Gasteiger partial charge in [0.25, 0.3) is 0 Å². The predicted octanol–water partition coefficient (Wildman–Crippen LogP) is 0.853. The second-order valence-electron chi connectivity index (χ2n) is 4.73. The first-order valence-electron chi connectivity index (χ1n) is 6.55. The lowest BCUT2D eigenvalue weighted by Gasteiger charge is -2.22. The Morgan fingerprint density at radius 3 is 2.76 bits per heavy atom. The van der Waals surface area contributed by atoms with Gasteiger partial charge in [0.2, 0.25) is 0 Å². The van der Waals surface area contributed by atoms with Crippen LogP contribution >= 0.6 is 0 Å². The van der Waals surface area contributed by atoms with Crippen LogP contribution in [0.25, 0.3) is 0 Å². The van der Waals surface area contributed by atoms with Crippen LogP contribution in [0.3, 0.4) is 0 Å². The van der Waals surface area contributed by atoms with Crippen LogP contribution in [0.5, 0.6) is 0 Å². The van der Waals surface area contributed by atoms with Gasteiger partial charge in [0.1, 0.15) is 0 Å². The van der Waals surface area contributed by atoms with Crippen LogP contribution in [0.15, 0.2) is 0 Å². The zero-order chi connectivity index (χ0) is 12.5. The standard InChI is InChI=1S/C12H25N3O2/c1-10(2)15-12(16)14-6-3-9-17-11-4-7-13-8-5-11/h10-11,13H,3-9H2,1-2H3,(H2,14,15,16). The normalized spacial score (nSPS) is 17.1. The highest BCUT2D eigenvalue weighted by Crippen LogP contribution is 2.06. The van der Waals surface area contributed by atoms with Crippen LogP contribution in [-0.4, -0.2) is 44.4 Å². The van der Waals surface area contributed by atoms with Crippen molar-refractivity contribution < 1.29 is 9.53 Å². The van der Waals surface area contributed by atoms with E-state index in [-0.39, 0.29) is 12.1 Å². The van der Waals surface area contributed by atoms with E-state index in [1.807, 2.05) is 13.8 Å². The van der Waals surface area contributed by atoms with Gasteiger partial charge < -0.3 is 20.7 Å². The maximum Gasteiger partial charge on any atom is 0.314 e. The minimum atomic E-state index is -0.0955. The fraction of sp³-hybridized carbons (Fsp3) is 0.917. The van der Waals surface area contributed by atoms with Crippen LogP contribution in [0, 0.1) is 0 Å². The number of piperidine rings is 1. The largest absolute Gasteiger partial charge is 0.378 e. The first-order valence-corrected chi connectivity index (χ1v) is 6.55. The minimum absolute atomic E-state index is 0.0955. The predicted molar refractivity (Wildman–Crippen MR) is 68.1 cm³/mol. The van der Waals surface area contributed by atoms with Crippen LogP contribution in [0.4, 0.5) is 4.79 Å². The molecule has 2 amide bonds. The summed E-state index contributed by atoms with van der Waals surface area (Å²) in [4.78, 5) is 11.2. The van der Waals surface area contributed by atoms with Crippen molar-refractivity contribution in [3.8, 4) is 0 Å². The molecular formula is C12H25N3O2. The molecule has 5 nitrogen and oxygen atoms in total. The molecule has 0 aromatic rings. The summed E-state index contributed by atoms with van der Waals surface area (Å²) in [6.07, 6.45) is 3.47. The van der Waals surface area contributed by atoms with E-state index in [0.717, 1.165) is 39.0 Å². The molecular weight excluding hydrogens is 218 g/mol. The number of carbonyl (C=O) groups excluding carboxylic acids is 1. The molecule has 0 aromatic heterocycles. The Morgan fingerprint density at radius 2 is 2.12 bits per heavy atom. The van der Waals surface area contributed by atoms with Gasteiger partial charge >= 0.3 is 6.03 Å². The van der Waals surface area contributed by atoms with Crippen molar-refractivity contribution in [1.29, 1.82) is 0 Å². The average molecular weight is 243 g/mol. The molecule has 1 aliphatic rings. The Bertz CT molecular complexity index is 216. The van der Waals surface area contributed by atoms with Crippen molar-refractivity contribution >= 4 is 6.03 Å². The Balaban J connectivity index is 1.91. The topological polar surface area (TPSA) is 62.4 Å². The van der Waals surface area contributed by atoms with E-state index < -0.39 is 0 Å². The van der Waals surface area contributed by atoms with Crippen LogP contribution in [-0.2, 0) is 4.74 Å². The number of amides is 2. The van der Waals surface area contributed by atoms with Gasteiger partial charge in [-0.25, -0.2) is 4.79 Å². The fourth-order valence-electron chi connectivity index (χ4n) is 1.80. The molecule has 0 aromatic carbocycles. The van der Waals surface area contributed by atoms with E-state index in [0.29, 0.717) is 12.6 Å². The monoisotopic (exact) mass is 243 g/mol. The van der Waals surface area contributed by atoms with Gasteiger partial charge in [-0.05, 0) is 46.2 Å². The molecule has 3 N–H and O–H groups in total. The van der Waals surface area contributed by atoms with Crippen molar-refractivity contribution in [2.24, 2.45) is 0 Å². The number of hydrogen-bond donors (Lipinski definition) is 3. The third-order valence-electron chi connectivity index (χ3n) is 2.67. The summed E-state index contributed by atoms with van der Waals surface area (Å²) in [6, 6.07) is 0.0860. The molecule has 0 atom stereocenters. The second kappa shape index (κ2) is 8.31. The number of nitrogens with one attached hydrogen (secondary N) is 3. The Labute approximate surface area is 104 Å².